The van der Waals surface area contributed by atoms with Gasteiger partial charge in [-0.1, -0.05) is 17.6 Å². The van der Waals surface area contributed by atoms with Gasteiger partial charge in [-0.15, -0.1) is 0 Å². The first-order valence-electron chi connectivity index (χ1n) is 6.13. The second-order valence-electron chi connectivity index (χ2n) is 5.27. The first kappa shape index (κ1) is 8.08. The van der Waals surface area contributed by atoms with Crippen molar-refractivity contribution >= 4 is 0 Å². The minimum absolute atomic E-state index is 1.11. The molecule has 0 aromatic heterocycles. The lowest BCUT2D eigenvalue weighted by Gasteiger charge is -2.33. The summed E-state index contributed by atoms with van der Waals surface area (Å²) in [6.45, 7) is 0. The fourth-order valence-corrected chi connectivity index (χ4v) is 3.81. The van der Waals surface area contributed by atoms with Crippen molar-refractivity contribution in [2.45, 2.75) is 57.8 Å². The monoisotopic (exact) mass is 176 g/mol. The maximum atomic E-state index is 1.90. The Balaban J connectivity index is 1.83. The normalized spacial score (nSPS) is 38.8. The molecular weight excluding hydrogens is 156 g/mol. The highest BCUT2D eigenvalue weighted by Crippen LogP contribution is 2.47. The number of rotatable bonds is 0. The minimum Gasteiger partial charge on any atom is -0.0707 e. The number of hydrogen-bond donors (Lipinski definition) is 0. The van der Waals surface area contributed by atoms with Crippen LogP contribution in [0.15, 0.2) is 11.1 Å². The van der Waals surface area contributed by atoms with Crippen molar-refractivity contribution in [2.75, 3.05) is 0 Å². The second-order valence-corrected chi connectivity index (χ2v) is 5.27. The largest absolute Gasteiger partial charge is 0.0707 e. The van der Waals surface area contributed by atoms with Crippen LogP contribution in [0.5, 0.6) is 0 Å². The van der Waals surface area contributed by atoms with Gasteiger partial charge in [-0.25, -0.2) is 0 Å². The lowest BCUT2D eigenvalue weighted by molar-refractivity contribution is 0.339. The fourth-order valence-electron chi connectivity index (χ4n) is 3.81. The Labute approximate surface area is 81.4 Å². The Hall–Kier alpha value is -0.260. The van der Waals surface area contributed by atoms with Gasteiger partial charge in [0, 0.05) is 0 Å². The van der Waals surface area contributed by atoms with E-state index in [4.69, 9.17) is 0 Å². The van der Waals surface area contributed by atoms with E-state index in [0.717, 1.165) is 11.8 Å². The smallest absolute Gasteiger partial charge is 0.0286 e. The molecule has 0 aromatic carbocycles. The van der Waals surface area contributed by atoms with Crippen molar-refractivity contribution in [1.82, 2.24) is 0 Å². The molecule has 0 bridgehead atoms. The highest BCUT2D eigenvalue weighted by Gasteiger charge is 2.33. The minimum atomic E-state index is 1.11. The van der Waals surface area contributed by atoms with Crippen LogP contribution in [0, 0.1) is 11.8 Å². The van der Waals surface area contributed by atoms with E-state index >= 15 is 0 Å². The van der Waals surface area contributed by atoms with Crippen molar-refractivity contribution in [1.29, 1.82) is 0 Å². The molecule has 72 valence electrons. The Kier molecular flexibility index (Phi) is 1.96. The van der Waals surface area contributed by atoms with E-state index in [9.17, 15) is 0 Å². The van der Waals surface area contributed by atoms with Gasteiger partial charge in [0.05, 0.1) is 0 Å². The van der Waals surface area contributed by atoms with E-state index in [1.165, 1.54) is 44.9 Å². The van der Waals surface area contributed by atoms with Crippen LogP contribution in [0.4, 0.5) is 0 Å². The van der Waals surface area contributed by atoms with Crippen LogP contribution in [0.25, 0.3) is 0 Å². The predicted octanol–water partition coefficient (Wildman–Crippen LogP) is 4.07. The van der Waals surface area contributed by atoms with E-state index in [0.29, 0.717) is 0 Å². The number of allylic oxidation sites excluding steroid dienone is 2. The van der Waals surface area contributed by atoms with E-state index in [1.807, 2.05) is 11.1 Å². The van der Waals surface area contributed by atoms with E-state index < -0.39 is 0 Å². The standard InChI is InChI=1S/C13H20/c1-2-5-11-9-13-7-3-6-12(13)8-10(11)4-1/h12-13H,1-9H2. The zero-order chi connectivity index (χ0) is 8.67. The van der Waals surface area contributed by atoms with E-state index in [-0.39, 0.29) is 0 Å². The van der Waals surface area contributed by atoms with Gasteiger partial charge in [0.15, 0.2) is 0 Å². The third-order valence-corrected chi connectivity index (χ3v) is 4.54. The summed E-state index contributed by atoms with van der Waals surface area (Å²) in [5, 5.41) is 0. The Morgan fingerprint density at radius 2 is 1.23 bits per heavy atom. The molecule has 2 atom stereocenters. The quantitative estimate of drug-likeness (QED) is 0.488. The lowest BCUT2D eigenvalue weighted by Crippen LogP contribution is -2.18. The second kappa shape index (κ2) is 3.15. The van der Waals surface area contributed by atoms with Crippen LogP contribution in [0.3, 0.4) is 0 Å². The van der Waals surface area contributed by atoms with Gasteiger partial charge in [0.2, 0.25) is 0 Å². The molecule has 0 heterocycles. The zero-order valence-corrected chi connectivity index (χ0v) is 8.52. The summed E-state index contributed by atoms with van der Waals surface area (Å²) in [6.07, 6.45) is 13.5. The van der Waals surface area contributed by atoms with Gasteiger partial charge in [0.25, 0.3) is 0 Å². The molecule has 2 unspecified atom stereocenters. The molecule has 0 spiro atoms. The molecule has 0 N–H and O–H groups in total. The summed E-state index contributed by atoms with van der Waals surface area (Å²) in [7, 11) is 0. The molecule has 1 saturated carbocycles. The molecule has 1 fully saturated rings. The van der Waals surface area contributed by atoms with Gasteiger partial charge in [-0.3, -0.25) is 0 Å². The third-order valence-electron chi connectivity index (χ3n) is 4.54. The van der Waals surface area contributed by atoms with Crippen LogP contribution < -0.4 is 0 Å². The first-order valence-corrected chi connectivity index (χ1v) is 6.13. The van der Waals surface area contributed by atoms with Crippen LogP contribution >= 0.6 is 0 Å². The average Bonchev–Trinajstić information content (AvgIpc) is 2.61. The molecule has 0 heteroatoms. The van der Waals surface area contributed by atoms with Gasteiger partial charge in [-0.2, -0.15) is 0 Å². The SMILES string of the molecule is C1CCC2=C(C1)CC1CCCC1C2. The Bertz CT molecular complexity index is 212. The predicted molar refractivity (Wildman–Crippen MR) is 55.6 cm³/mol. The van der Waals surface area contributed by atoms with Gasteiger partial charge in [0.1, 0.15) is 0 Å². The van der Waals surface area contributed by atoms with Crippen molar-refractivity contribution < 1.29 is 0 Å². The fraction of sp³-hybridized carbons (Fsp3) is 0.846. The molecule has 0 radical (unpaired) electrons. The van der Waals surface area contributed by atoms with Crippen LogP contribution in [-0.2, 0) is 0 Å². The number of fused-ring (bicyclic) bond motifs is 1. The Morgan fingerprint density at radius 1 is 0.692 bits per heavy atom. The summed E-state index contributed by atoms with van der Waals surface area (Å²) in [5.41, 5.74) is 3.80. The summed E-state index contributed by atoms with van der Waals surface area (Å²) in [5.74, 6) is 2.22. The van der Waals surface area contributed by atoms with Crippen molar-refractivity contribution in [3.63, 3.8) is 0 Å². The third kappa shape index (κ3) is 1.35. The highest BCUT2D eigenvalue weighted by molar-refractivity contribution is 5.22. The zero-order valence-electron chi connectivity index (χ0n) is 8.52. The van der Waals surface area contributed by atoms with Crippen molar-refractivity contribution in [3.8, 4) is 0 Å². The van der Waals surface area contributed by atoms with E-state index in [2.05, 4.69) is 0 Å². The maximum Gasteiger partial charge on any atom is -0.0286 e. The van der Waals surface area contributed by atoms with E-state index in [1.54, 1.807) is 12.8 Å². The molecule has 3 aliphatic carbocycles. The summed E-state index contributed by atoms with van der Waals surface area (Å²) < 4.78 is 0. The molecule has 0 aliphatic heterocycles. The average molecular weight is 176 g/mol. The molecule has 0 aromatic rings. The molecular formula is C13H20. The molecule has 0 amide bonds. The van der Waals surface area contributed by atoms with Gasteiger partial charge >= 0.3 is 0 Å². The topological polar surface area (TPSA) is 0 Å². The van der Waals surface area contributed by atoms with Gasteiger partial charge < -0.3 is 0 Å². The summed E-state index contributed by atoms with van der Waals surface area (Å²) in [6, 6.07) is 0. The van der Waals surface area contributed by atoms with Crippen molar-refractivity contribution in [3.05, 3.63) is 11.1 Å². The first-order chi connectivity index (χ1) is 6.43. The Morgan fingerprint density at radius 3 is 1.77 bits per heavy atom. The highest BCUT2D eigenvalue weighted by atomic mass is 14.4. The molecule has 0 saturated heterocycles. The van der Waals surface area contributed by atoms with Crippen LogP contribution in [-0.4, -0.2) is 0 Å². The summed E-state index contributed by atoms with van der Waals surface area (Å²) in [4.78, 5) is 0. The van der Waals surface area contributed by atoms with Crippen LogP contribution in [0.2, 0.25) is 0 Å². The molecule has 3 rings (SSSR count). The van der Waals surface area contributed by atoms with Crippen molar-refractivity contribution in [2.24, 2.45) is 11.8 Å². The number of hydrogen-bond acceptors (Lipinski definition) is 0. The lowest BCUT2D eigenvalue weighted by atomic mass is 9.73. The molecule has 3 aliphatic rings. The van der Waals surface area contributed by atoms with Crippen LogP contribution in [0.1, 0.15) is 57.8 Å². The maximum absolute atomic E-state index is 1.90. The van der Waals surface area contributed by atoms with Gasteiger partial charge in [-0.05, 0) is 63.2 Å². The molecule has 13 heavy (non-hydrogen) atoms. The summed E-state index contributed by atoms with van der Waals surface area (Å²) >= 11 is 0. The molecule has 0 nitrogen and oxygen atoms in total.